The molecule has 2 rings (SSSR count). The van der Waals surface area contributed by atoms with Crippen molar-refractivity contribution in [2.24, 2.45) is 5.92 Å². The zero-order valence-corrected chi connectivity index (χ0v) is 11.9. The van der Waals surface area contributed by atoms with Crippen LogP contribution in [0.5, 0.6) is 0 Å². The first-order chi connectivity index (χ1) is 9.20. The van der Waals surface area contributed by atoms with Gasteiger partial charge in [0, 0.05) is 12.6 Å². The van der Waals surface area contributed by atoms with Gasteiger partial charge in [0.05, 0.1) is 17.6 Å². The largest absolute Gasteiger partial charge is 0.308 e. The smallest absolute Gasteiger partial charge is 0.0969 e. The van der Waals surface area contributed by atoms with Gasteiger partial charge in [-0.3, -0.25) is 0 Å². The van der Waals surface area contributed by atoms with Gasteiger partial charge in [-0.25, -0.2) is 0 Å². The monoisotopic (exact) mass is 258 g/mol. The number of nitrogens with zero attached hydrogens (tertiary/aromatic N) is 3. The van der Waals surface area contributed by atoms with E-state index in [1.54, 1.807) is 4.80 Å². The summed E-state index contributed by atoms with van der Waals surface area (Å²) in [5.41, 5.74) is 1.97. The standard InChI is InChI=1S/C15H22N4/c1-4-15(12(2)3)16-10-13-11-17-19(18-13)14-8-6-5-7-9-14/h5-9,11-12,15-16H,4,10H2,1-3H3. The molecule has 0 radical (unpaired) electrons. The highest BCUT2D eigenvalue weighted by atomic mass is 15.5. The van der Waals surface area contributed by atoms with Crippen molar-refractivity contribution in [2.45, 2.75) is 39.8 Å². The zero-order chi connectivity index (χ0) is 13.7. The average Bonchev–Trinajstić information content (AvgIpc) is 2.89. The molecule has 4 nitrogen and oxygen atoms in total. The fourth-order valence-electron chi connectivity index (χ4n) is 2.15. The lowest BCUT2D eigenvalue weighted by Gasteiger charge is -2.19. The molecule has 0 saturated carbocycles. The number of para-hydroxylation sites is 1. The number of hydrogen-bond acceptors (Lipinski definition) is 3. The SMILES string of the molecule is CCC(NCc1cnn(-c2ccccc2)n1)C(C)C. The van der Waals surface area contributed by atoms with E-state index in [0.29, 0.717) is 12.0 Å². The van der Waals surface area contributed by atoms with Crippen LogP contribution in [0, 0.1) is 5.92 Å². The summed E-state index contributed by atoms with van der Waals surface area (Å²) in [6.45, 7) is 7.45. The van der Waals surface area contributed by atoms with Gasteiger partial charge in [-0.05, 0) is 24.5 Å². The number of benzene rings is 1. The third-order valence-electron chi connectivity index (χ3n) is 3.32. The van der Waals surface area contributed by atoms with Crippen molar-refractivity contribution in [1.82, 2.24) is 20.3 Å². The first-order valence-corrected chi connectivity index (χ1v) is 6.90. The van der Waals surface area contributed by atoms with Gasteiger partial charge >= 0.3 is 0 Å². The van der Waals surface area contributed by atoms with Gasteiger partial charge < -0.3 is 5.32 Å². The molecule has 1 aromatic heterocycles. The Bertz CT molecular complexity index is 490. The van der Waals surface area contributed by atoms with Crippen molar-refractivity contribution >= 4 is 0 Å². The van der Waals surface area contributed by atoms with Crippen LogP contribution in [0.1, 0.15) is 32.9 Å². The van der Waals surface area contributed by atoms with Crippen LogP contribution < -0.4 is 5.32 Å². The summed E-state index contributed by atoms with van der Waals surface area (Å²) in [5.74, 6) is 0.633. The lowest BCUT2D eigenvalue weighted by atomic mass is 10.0. The first kappa shape index (κ1) is 13.7. The van der Waals surface area contributed by atoms with Gasteiger partial charge in [-0.15, -0.1) is 0 Å². The van der Waals surface area contributed by atoms with Crippen LogP contribution in [0.2, 0.25) is 0 Å². The molecule has 0 amide bonds. The molecular weight excluding hydrogens is 236 g/mol. The molecular formula is C15H22N4. The van der Waals surface area contributed by atoms with E-state index in [0.717, 1.165) is 24.3 Å². The Morgan fingerprint density at radius 1 is 1.21 bits per heavy atom. The maximum atomic E-state index is 4.49. The Morgan fingerprint density at radius 2 is 1.95 bits per heavy atom. The van der Waals surface area contributed by atoms with Crippen molar-refractivity contribution in [3.63, 3.8) is 0 Å². The summed E-state index contributed by atoms with van der Waals surface area (Å²) in [6.07, 6.45) is 2.96. The van der Waals surface area contributed by atoms with Gasteiger partial charge in [0.25, 0.3) is 0 Å². The minimum absolute atomic E-state index is 0.530. The second-order valence-electron chi connectivity index (χ2n) is 5.10. The molecule has 1 aromatic carbocycles. The summed E-state index contributed by atoms with van der Waals surface area (Å²) in [7, 11) is 0. The van der Waals surface area contributed by atoms with Crippen molar-refractivity contribution in [3.8, 4) is 5.69 Å². The fourth-order valence-corrected chi connectivity index (χ4v) is 2.15. The van der Waals surface area contributed by atoms with Gasteiger partial charge in [0.1, 0.15) is 0 Å². The molecule has 0 aliphatic heterocycles. The molecule has 1 heterocycles. The Labute approximate surface area is 114 Å². The van der Waals surface area contributed by atoms with Crippen LogP contribution in [0.3, 0.4) is 0 Å². The molecule has 0 saturated heterocycles. The summed E-state index contributed by atoms with van der Waals surface area (Å²) in [4.78, 5) is 1.67. The molecule has 4 heteroatoms. The van der Waals surface area contributed by atoms with E-state index < -0.39 is 0 Å². The van der Waals surface area contributed by atoms with Crippen LogP contribution in [0.15, 0.2) is 36.5 Å². The Hall–Kier alpha value is -1.68. The van der Waals surface area contributed by atoms with E-state index in [1.807, 2.05) is 36.5 Å². The molecule has 0 bridgehead atoms. The predicted molar refractivity (Wildman–Crippen MR) is 77.1 cm³/mol. The Kier molecular flexibility index (Phi) is 4.68. The molecule has 19 heavy (non-hydrogen) atoms. The quantitative estimate of drug-likeness (QED) is 0.866. The summed E-state index contributed by atoms with van der Waals surface area (Å²) in [6, 6.07) is 10.5. The van der Waals surface area contributed by atoms with Gasteiger partial charge in [-0.1, -0.05) is 39.0 Å². The van der Waals surface area contributed by atoms with E-state index in [9.17, 15) is 0 Å². The van der Waals surface area contributed by atoms with Gasteiger partial charge in [0.2, 0.25) is 0 Å². The van der Waals surface area contributed by atoms with Crippen LogP contribution in [0.25, 0.3) is 5.69 Å². The number of aromatic nitrogens is 3. The second-order valence-corrected chi connectivity index (χ2v) is 5.10. The first-order valence-electron chi connectivity index (χ1n) is 6.90. The third-order valence-corrected chi connectivity index (χ3v) is 3.32. The highest BCUT2D eigenvalue weighted by molar-refractivity contribution is 5.28. The number of hydrogen-bond donors (Lipinski definition) is 1. The maximum Gasteiger partial charge on any atom is 0.0969 e. The maximum absolute atomic E-state index is 4.49. The Morgan fingerprint density at radius 3 is 2.58 bits per heavy atom. The number of rotatable bonds is 6. The Balaban J connectivity index is 1.98. The van der Waals surface area contributed by atoms with E-state index in [-0.39, 0.29) is 0 Å². The van der Waals surface area contributed by atoms with E-state index in [1.165, 1.54) is 0 Å². The van der Waals surface area contributed by atoms with E-state index in [4.69, 9.17) is 0 Å². The average molecular weight is 258 g/mol. The van der Waals surface area contributed by atoms with Gasteiger partial charge in [-0.2, -0.15) is 15.0 Å². The fraction of sp³-hybridized carbons (Fsp3) is 0.467. The molecule has 0 aliphatic carbocycles. The summed E-state index contributed by atoms with van der Waals surface area (Å²) < 4.78 is 0. The zero-order valence-electron chi connectivity index (χ0n) is 11.9. The lowest BCUT2D eigenvalue weighted by Crippen LogP contribution is -2.32. The van der Waals surface area contributed by atoms with Crippen LogP contribution in [-0.2, 0) is 6.54 Å². The molecule has 1 atom stereocenters. The topological polar surface area (TPSA) is 42.7 Å². The van der Waals surface area contributed by atoms with Crippen LogP contribution in [-0.4, -0.2) is 21.0 Å². The van der Waals surface area contributed by atoms with Crippen LogP contribution >= 0.6 is 0 Å². The second kappa shape index (κ2) is 6.48. The minimum Gasteiger partial charge on any atom is -0.308 e. The van der Waals surface area contributed by atoms with E-state index >= 15 is 0 Å². The molecule has 1 unspecified atom stereocenters. The van der Waals surface area contributed by atoms with Gasteiger partial charge in [0.15, 0.2) is 0 Å². The predicted octanol–water partition coefficient (Wildman–Crippen LogP) is 2.79. The van der Waals surface area contributed by atoms with Crippen molar-refractivity contribution < 1.29 is 0 Å². The summed E-state index contributed by atoms with van der Waals surface area (Å²) >= 11 is 0. The van der Waals surface area contributed by atoms with Crippen LogP contribution in [0.4, 0.5) is 0 Å². The molecule has 0 aliphatic rings. The minimum atomic E-state index is 0.530. The molecule has 2 aromatic rings. The third kappa shape index (κ3) is 3.64. The number of nitrogens with one attached hydrogen (secondary N) is 1. The molecule has 1 N–H and O–H groups in total. The van der Waals surface area contributed by atoms with E-state index in [2.05, 4.69) is 36.3 Å². The van der Waals surface area contributed by atoms with Crippen molar-refractivity contribution in [3.05, 3.63) is 42.2 Å². The molecule has 0 spiro atoms. The highest BCUT2D eigenvalue weighted by Gasteiger charge is 2.11. The van der Waals surface area contributed by atoms with Crippen molar-refractivity contribution in [1.29, 1.82) is 0 Å². The summed E-state index contributed by atoms with van der Waals surface area (Å²) in [5, 5.41) is 12.3. The lowest BCUT2D eigenvalue weighted by molar-refractivity contribution is 0.385. The highest BCUT2D eigenvalue weighted by Crippen LogP contribution is 2.07. The normalized spacial score (nSPS) is 12.8. The molecule has 102 valence electrons. The van der Waals surface area contributed by atoms with Crippen molar-refractivity contribution in [2.75, 3.05) is 0 Å². The molecule has 0 fully saturated rings.